The molecule has 0 aliphatic heterocycles. The van der Waals surface area contributed by atoms with E-state index in [1.54, 1.807) is 18.4 Å². The summed E-state index contributed by atoms with van der Waals surface area (Å²) in [6.07, 6.45) is 1.73. The zero-order valence-electron chi connectivity index (χ0n) is 6.60. The molecule has 13 heavy (non-hydrogen) atoms. The summed E-state index contributed by atoms with van der Waals surface area (Å²) in [5.41, 5.74) is 0.0550. The minimum absolute atomic E-state index is 0.0550. The van der Waals surface area contributed by atoms with Crippen LogP contribution in [0.3, 0.4) is 0 Å². The Morgan fingerprint density at radius 3 is 2.46 bits per heavy atom. The van der Waals surface area contributed by atoms with Gasteiger partial charge in [-0.3, -0.25) is 14.9 Å². The van der Waals surface area contributed by atoms with Crippen molar-refractivity contribution in [1.29, 1.82) is 0 Å². The van der Waals surface area contributed by atoms with Crippen molar-refractivity contribution in [2.75, 3.05) is 5.75 Å². The van der Waals surface area contributed by atoms with E-state index < -0.39 is 4.92 Å². The molecule has 0 heterocycles. The van der Waals surface area contributed by atoms with Crippen molar-refractivity contribution < 1.29 is 9.72 Å². The highest BCUT2D eigenvalue weighted by Crippen LogP contribution is 2.20. The van der Waals surface area contributed by atoms with Gasteiger partial charge in [0.2, 0.25) is 6.29 Å². The molecule has 0 aliphatic rings. The molecule has 4 nitrogen and oxygen atoms in total. The Balaban J connectivity index is 2.69. The molecule has 1 radical (unpaired) electrons. The van der Waals surface area contributed by atoms with E-state index in [1.807, 2.05) is 0 Å². The molecule has 5 heteroatoms. The van der Waals surface area contributed by atoms with E-state index in [4.69, 9.17) is 0 Å². The molecule has 1 rings (SSSR count). The first-order chi connectivity index (χ1) is 6.24. The Kier molecular flexibility index (Phi) is 3.45. The molecule has 67 valence electrons. The molecule has 0 unspecified atom stereocenters. The minimum Gasteiger partial charge on any atom is -0.290 e. The van der Waals surface area contributed by atoms with E-state index in [-0.39, 0.29) is 11.4 Å². The Bertz CT molecular complexity index is 310. The highest BCUT2D eigenvalue weighted by atomic mass is 32.2. The highest BCUT2D eigenvalue weighted by Gasteiger charge is 2.03. The first kappa shape index (κ1) is 9.73. The number of thioether (sulfide) groups is 1. The molecule has 1 aromatic rings. The van der Waals surface area contributed by atoms with Crippen LogP contribution in [0.1, 0.15) is 0 Å². The Morgan fingerprint density at radius 1 is 1.38 bits per heavy atom. The fraction of sp³-hybridized carbons (Fsp3) is 0.125. The van der Waals surface area contributed by atoms with Gasteiger partial charge in [-0.15, -0.1) is 11.8 Å². The van der Waals surface area contributed by atoms with Gasteiger partial charge in [0.05, 0.1) is 10.7 Å². The van der Waals surface area contributed by atoms with Crippen LogP contribution in [-0.2, 0) is 4.79 Å². The monoisotopic (exact) mass is 196 g/mol. The zero-order chi connectivity index (χ0) is 9.68. The van der Waals surface area contributed by atoms with E-state index >= 15 is 0 Å². The summed E-state index contributed by atoms with van der Waals surface area (Å²) in [4.78, 5) is 20.5. The lowest BCUT2D eigenvalue weighted by molar-refractivity contribution is -0.384. The van der Waals surface area contributed by atoms with Crippen molar-refractivity contribution in [1.82, 2.24) is 0 Å². The summed E-state index contributed by atoms with van der Waals surface area (Å²) in [5.74, 6) is 0.248. The summed E-state index contributed by atoms with van der Waals surface area (Å²) in [6, 6.07) is 6.04. The topological polar surface area (TPSA) is 60.2 Å². The second kappa shape index (κ2) is 4.61. The van der Waals surface area contributed by atoms with Gasteiger partial charge in [-0.2, -0.15) is 0 Å². The molecular weight excluding hydrogens is 190 g/mol. The zero-order valence-corrected chi connectivity index (χ0v) is 7.41. The van der Waals surface area contributed by atoms with Gasteiger partial charge in [0.1, 0.15) is 0 Å². The molecule has 0 fully saturated rings. The molecule has 0 bridgehead atoms. The van der Waals surface area contributed by atoms with Gasteiger partial charge in [-0.05, 0) is 12.1 Å². The van der Waals surface area contributed by atoms with Crippen LogP contribution in [-0.4, -0.2) is 17.0 Å². The lowest BCUT2D eigenvalue weighted by atomic mass is 10.3. The first-order valence-corrected chi connectivity index (χ1v) is 4.45. The Labute approximate surface area is 79.1 Å². The molecule has 0 saturated carbocycles. The van der Waals surface area contributed by atoms with E-state index in [2.05, 4.69) is 0 Å². The lowest BCUT2D eigenvalue weighted by Gasteiger charge is -1.95. The second-order valence-electron chi connectivity index (χ2n) is 2.18. The Morgan fingerprint density at radius 2 is 2.00 bits per heavy atom. The van der Waals surface area contributed by atoms with Crippen LogP contribution in [0.4, 0.5) is 5.69 Å². The van der Waals surface area contributed by atoms with Gasteiger partial charge < -0.3 is 0 Å². The van der Waals surface area contributed by atoms with Crippen LogP contribution in [0.5, 0.6) is 0 Å². The molecule has 1 aromatic carbocycles. The van der Waals surface area contributed by atoms with Gasteiger partial charge in [0, 0.05) is 17.0 Å². The standard InChI is InChI=1S/C8H6NO3S/c10-5-6-13-8-3-1-7(2-4-8)9(11)12/h1-4H,6H2. The van der Waals surface area contributed by atoms with Crippen LogP contribution >= 0.6 is 11.8 Å². The van der Waals surface area contributed by atoms with E-state index in [0.717, 1.165) is 4.90 Å². The maximum Gasteiger partial charge on any atom is 0.269 e. The Hall–Kier alpha value is -1.36. The quantitative estimate of drug-likeness (QED) is 0.418. The summed E-state index contributed by atoms with van der Waals surface area (Å²) in [6.45, 7) is 0. The highest BCUT2D eigenvalue weighted by molar-refractivity contribution is 7.99. The SMILES string of the molecule is O=[C]CSc1ccc([N+](=O)[O-])cc1. The van der Waals surface area contributed by atoms with Crippen molar-refractivity contribution in [3.05, 3.63) is 34.4 Å². The summed E-state index contributed by atoms with van der Waals surface area (Å²) < 4.78 is 0. The van der Waals surface area contributed by atoms with Crippen LogP contribution in [0.15, 0.2) is 29.2 Å². The van der Waals surface area contributed by atoms with Gasteiger partial charge in [0.15, 0.2) is 0 Å². The minimum atomic E-state index is -0.458. The maximum atomic E-state index is 10.3. The fourth-order valence-electron chi connectivity index (χ4n) is 0.777. The molecule has 0 aliphatic carbocycles. The van der Waals surface area contributed by atoms with E-state index in [9.17, 15) is 14.9 Å². The molecule has 0 atom stereocenters. The third-order valence-electron chi connectivity index (χ3n) is 1.35. The second-order valence-corrected chi connectivity index (χ2v) is 3.23. The van der Waals surface area contributed by atoms with E-state index in [0.29, 0.717) is 0 Å². The number of nitro groups is 1. The number of benzene rings is 1. The molecular formula is C8H6NO3S. The molecule has 0 saturated heterocycles. The van der Waals surface area contributed by atoms with E-state index in [1.165, 1.54) is 23.9 Å². The van der Waals surface area contributed by atoms with Crippen molar-refractivity contribution in [2.45, 2.75) is 4.90 Å². The van der Waals surface area contributed by atoms with Crippen LogP contribution in [0, 0.1) is 10.1 Å². The fourth-order valence-corrected chi connectivity index (χ4v) is 1.33. The molecule has 0 spiro atoms. The molecule has 0 amide bonds. The molecule has 0 aromatic heterocycles. The third-order valence-corrected chi connectivity index (χ3v) is 2.21. The van der Waals surface area contributed by atoms with Gasteiger partial charge in [-0.1, -0.05) is 0 Å². The van der Waals surface area contributed by atoms with Crippen LogP contribution in [0.2, 0.25) is 0 Å². The van der Waals surface area contributed by atoms with Crippen molar-refractivity contribution in [3.63, 3.8) is 0 Å². The number of nitrogens with zero attached hydrogens (tertiary/aromatic N) is 1. The number of carbonyl (C=O) groups excluding carboxylic acids is 1. The van der Waals surface area contributed by atoms with Crippen molar-refractivity contribution in [2.24, 2.45) is 0 Å². The van der Waals surface area contributed by atoms with Gasteiger partial charge in [0.25, 0.3) is 5.69 Å². The number of hydrogen-bond donors (Lipinski definition) is 0. The largest absolute Gasteiger partial charge is 0.290 e. The number of hydrogen-bond acceptors (Lipinski definition) is 4. The predicted octanol–water partition coefficient (Wildman–Crippen LogP) is 1.80. The average molecular weight is 196 g/mol. The summed E-state index contributed by atoms with van der Waals surface area (Å²) in [5, 5.41) is 10.3. The van der Waals surface area contributed by atoms with Crippen molar-refractivity contribution >= 4 is 23.7 Å². The molecule has 0 N–H and O–H groups in total. The predicted molar refractivity (Wildman–Crippen MR) is 49.5 cm³/mol. The lowest BCUT2D eigenvalue weighted by Crippen LogP contribution is -1.86. The third kappa shape index (κ3) is 2.87. The van der Waals surface area contributed by atoms with Gasteiger partial charge >= 0.3 is 0 Å². The summed E-state index contributed by atoms with van der Waals surface area (Å²) >= 11 is 1.29. The normalized spacial score (nSPS) is 9.54. The first-order valence-electron chi connectivity index (χ1n) is 3.46. The number of nitro benzene ring substituents is 1. The number of non-ortho nitro benzene ring substituents is 1. The van der Waals surface area contributed by atoms with Crippen LogP contribution < -0.4 is 0 Å². The van der Waals surface area contributed by atoms with Gasteiger partial charge in [-0.25, -0.2) is 0 Å². The summed E-state index contributed by atoms with van der Waals surface area (Å²) in [7, 11) is 0. The smallest absolute Gasteiger partial charge is 0.269 e. The number of rotatable bonds is 4. The maximum absolute atomic E-state index is 10.3. The average Bonchev–Trinajstić information content (AvgIpc) is 2.15. The van der Waals surface area contributed by atoms with Crippen LogP contribution in [0.25, 0.3) is 0 Å². The van der Waals surface area contributed by atoms with Crippen molar-refractivity contribution in [3.8, 4) is 0 Å².